The number of halogens is 1. The molecule has 1 heterocycles. The highest BCUT2D eigenvalue weighted by Crippen LogP contribution is 2.20. The Morgan fingerprint density at radius 3 is 2.86 bits per heavy atom. The van der Waals surface area contributed by atoms with E-state index in [9.17, 15) is 8.42 Å². The minimum Gasteiger partial charge on any atom is -0.384 e. The first-order valence-corrected chi connectivity index (χ1v) is 7.36. The van der Waals surface area contributed by atoms with Crippen molar-refractivity contribution in [1.29, 1.82) is 0 Å². The summed E-state index contributed by atoms with van der Waals surface area (Å²) in [7, 11) is -1.43. The van der Waals surface area contributed by atoms with Crippen molar-refractivity contribution in [2.45, 2.75) is 12.8 Å². The van der Waals surface area contributed by atoms with E-state index in [1.807, 2.05) is 0 Å². The van der Waals surface area contributed by atoms with Gasteiger partial charge in [-0.1, -0.05) is 15.9 Å². The van der Waals surface area contributed by atoms with E-state index in [-0.39, 0.29) is 4.66 Å². The molecule has 14 heavy (non-hydrogen) atoms. The van der Waals surface area contributed by atoms with E-state index in [2.05, 4.69) is 15.9 Å². The predicted molar refractivity (Wildman–Crippen MR) is 58.9 cm³/mol. The summed E-state index contributed by atoms with van der Waals surface area (Å²) in [4.78, 5) is 0. The van der Waals surface area contributed by atoms with Crippen LogP contribution in [0.4, 0.5) is 0 Å². The number of methoxy groups -OCH3 is 1. The predicted octanol–water partition coefficient (Wildman–Crippen LogP) is 1.03. The number of nitrogens with zero attached hydrogens (tertiary/aromatic N) is 1. The number of sulfonamides is 1. The van der Waals surface area contributed by atoms with E-state index >= 15 is 0 Å². The minimum atomic E-state index is -3.08. The molecule has 0 saturated carbocycles. The van der Waals surface area contributed by atoms with Crippen LogP contribution >= 0.6 is 15.9 Å². The first-order chi connectivity index (χ1) is 6.60. The fraction of sp³-hybridized carbons (Fsp3) is 1.00. The van der Waals surface area contributed by atoms with Gasteiger partial charge in [0.1, 0.15) is 4.66 Å². The summed E-state index contributed by atoms with van der Waals surface area (Å²) in [5, 5.41) is 0. The molecule has 4 nitrogen and oxygen atoms in total. The number of hydrogen-bond acceptors (Lipinski definition) is 3. The van der Waals surface area contributed by atoms with Gasteiger partial charge in [0, 0.05) is 20.2 Å². The third kappa shape index (κ3) is 3.18. The maximum atomic E-state index is 11.5. The van der Waals surface area contributed by atoms with Crippen LogP contribution in [0.15, 0.2) is 0 Å². The van der Waals surface area contributed by atoms with Crippen molar-refractivity contribution < 1.29 is 13.2 Å². The number of hydrogen-bond donors (Lipinski definition) is 0. The second-order valence-corrected chi connectivity index (χ2v) is 6.81. The molecule has 0 N–H and O–H groups in total. The first kappa shape index (κ1) is 12.4. The zero-order valence-corrected chi connectivity index (χ0v) is 10.7. The van der Waals surface area contributed by atoms with E-state index in [1.165, 1.54) is 0 Å². The molecule has 0 spiro atoms. The average Bonchev–Trinajstić information content (AvgIpc) is 2.19. The van der Waals surface area contributed by atoms with Gasteiger partial charge in [-0.2, -0.15) is 0 Å². The van der Waals surface area contributed by atoms with E-state index in [0.29, 0.717) is 25.6 Å². The van der Waals surface area contributed by atoms with Crippen LogP contribution in [0.2, 0.25) is 0 Å². The van der Waals surface area contributed by atoms with Gasteiger partial charge >= 0.3 is 0 Å². The van der Waals surface area contributed by atoms with Crippen molar-refractivity contribution >= 4 is 26.0 Å². The van der Waals surface area contributed by atoms with Crippen LogP contribution in [0.5, 0.6) is 0 Å². The summed E-state index contributed by atoms with van der Waals surface area (Å²) in [5.74, 6) is 0.350. The zero-order valence-electron chi connectivity index (χ0n) is 8.28. The Hall–Kier alpha value is 0.350. The molecule has 6 heteroatoms. The van der Waals surface area contributed by atoms with Crippen molar-refractivity contribution in [2.24, 2.45) is 5.92 Å². The van der Waals surface area contributed by atoms with Crippen molar-refractivity contribution in [2.75, 3.05) is 31.5 Å². The molecule has 1 atom stereocenters. The Bertz CT molecular complexity index is 266. The molecule has 84 valence electrons. The smallest absolute Gasteiger partial charge is 0.224 e. The van der Waals surface area contributed by atoms with Gasteiger partial charge in [-0.15, -0.1) is 0 Å². The maximum Gasteiger partial charge on any atom is 0.224 e. The fourth-order valence-corrected chi connectivity index (χ4v) is 3.57. The summed E-state index contributed by atoms with van der Waals surface area (Å²) < 4.78 is 29.7. The highest BCUT2D eigenvalue weighted by molar-refractivity contribution is 9.10. The molecule has 1 aliphatic heterocycles. The Morgan fingerprint density at radius 1 is 1.57 bits per heavy atom. The van der Waals surface area contributed by atoms with Crippen LogP contribution in [0.1, 0.15) is 12.8 Å². The standard InChI is InChI=1S/C8H16BrNO3S/c1-13-6-8-3-2-4-10(5-8)14(11,12)7-9/h8H,2-7H2,1H3. The average molecular weight is 286 g/mol. The lowest BCUT2D eigenvalue weighted by molar-refractivity contribution is 0.118. The molecule has 1 unspecified atom stereocenters. The summed E-state index contributed by atoms with van der Waals surface area (Å²) in [6.45, 7) is 1.89. The van der Waals surface area contributed by atoms with Gasteiger partial charge in [0.25, 0.3) is 0 Å². The summed E-state index contributed by atoms with van der Waals surface area (Å²) in [6, 6.07) is 0. The van der Waals surface area contributed by atoms with E-state index in [1.54, 1.807) is 11.4 Å². The Kier molecular flexibility index (Phi) is 4.82. The molecular formula is C8H16BrNO3S. The molecule has 1 aliphatic rings. The van der Waals surface area contributed by atoms with Gasteiger partial charge in [0.15, 0.2) is 0 Å². The molecule has 0 bridgehead atoms. The number of rotatable bonds is 4. The molecule has 1 rings (SSSR count). The SMILES string of the molecule is COCC1CCCN(S(=O)(=O)CBr)C1. The van der Waals surface area contributed by atoms with Crippen LogP contribution < -0.4 is 0 Å². The third-order valence-corrected chi connectivity index (χ3v) is 5.55. The molecule has 0 radical (unpaired) electrons. The normalized spacial score (nSPS) is 25.1. The highest BCUT2D eigenvalue weighted by Gasteiger charge is 2.27. The lowest BCUT2D eigenvalue weighted by Crippen LogP contribution is -2.41. The second-order valence-electron chi connectivity index (χ2n) is 3.54. The highest BCUT2D eigenvalue weighted by atomic mass is 79.9. The van der Waals surface area contributed by atoms with Crippen LogP contribution in [0.3, 0.4) is 0 Å². The largest absolute Gasteiger partial charge is 0.384 e. The molecule has 0 amide bonds. The van der Waals surface area contributed by atoms with Crippen LogP contribution in [0, 0.1) is 5.92 Å². The lowest BCUT2D eigenvalue weighted by Gasteiger charge is -2.30. The van der Waals surface area contributed by atoms with Crippen molar-refractivity contribution in [3.05, 3.63) is 0 Å². The lowest BCUT2D eigenvalue weighted by atomic mass is 10.0. The molecule has 0 aromatic carbocycles. The molecule has 0 aromatic rings. The van der Waals surface area contributed by atoms with Crippen LogP contribution in [-0.2, 0) is 14.8 Å². The van der Waals surface area contributed by atoms with Gasteiger partial charge in [0.05, 0.1) is 6.61 Å². The molecule has 0 aromatic heterocycles. The zero-order chi connectivity index (χ0) is 10.6. The van der Waals surface area contributed by atoms with Crippen LogP contribution in [0.25, 0.3) is 0 Å². The molecule has 0 aliphatic carbocycles. The summed E-state index contributed by atoms with van der Waals surface area (Å²) in [6.07, 6.45) is 1.99. The van der Waals surface area contributed by atoms with Gasteiger partial charge in [-0.05, 0) is 18.8 Å². The van der Waals surface area contributed by atoms with Gasteiger partial charge in [-0.25, -0.2) is 12.7 Å². The van der Waals surface area contributed by atoms with Gasteiger partial charge < -0.3 is 4.74 Å². The monoisotopic (exact) mass is 285 g/mol. The third-order valence-electron chi connectivity index (χ3n) is 2.42. The summed E-state index contributed by atoms with van der Waals surface area (Å²) in [5.41, 5.74) is 0. The molecule has 1 fully saturated rings. The quantitative estimate of drug-likeness (QED) is 0.725. The first-order valence-electron chi connectivity index (χ1n) is 4.63. The fourth-order valence-electron chi connectivity index (χ4n) is 1.72. The van der Waals surface area contributed by atoms with E-state index < -0.39 is 10.0 Å². The number of alkyl halides is 1. The van der Waals surface area contributed by atoms with Crippen molar-refractivity contribution in [3.63, 3.8) is 0 Å². The Labute approximate surface area is 93.8 Å². The minimum absolute atomic E-state index is 0.0136. The molecule has 1 saturated heterocycles. The van der Waals surface area contributed by atoms with Gasteiger partial charge in [0.2, 0.25) is 10.0 Å². The van der Waals surface area contributed by atoms with E-state index in [4.69, 9.17) is 4.74 Å². The van der Waals surface area contributed by atoms with Gasteiger partial charge in [-0.3, -0.25) is 0 Å². The summed E-state index contributed by atoms with van der Waals surface area (Å²) >= 11 is 3.00. The Balaban J connectivity index is 2.56. The second kappa shape index (κ2) is 5.44. The van der Waals surface area contributed by atoms with Crippen LogP contribution in [-0.4, -0.2) is 44.2 Å². The van der Waals surface area contributed by atoms with Crippen molar-refractivity contribution in [3.8, 4) is 0 Å². The Morgan fingerprint density at radius 2 is 2.29 bits per heavy atom. The molecular weight excluding hydrogens is 270 g/mol. The van der Waals surface area contributed by atoms with Crippen molar-refractivity contribution in [1.82, 2.24) is 4.31 Å². The number of piperidine rings is 1. The topological polar surface area (TPSA) is 46.6 Å². The maximum absolute atomic E-state index is 11.5. The van der Waals surface area contributed by atoms with E-state index in [0.717, 1.165) is 12.8 Å². The number of ether oxygens (including phenoxy) is 1.